The maximum absolute atomic E-state index is 11.6. The van der Waals surface area contributed by atoms with Crippen molar-refractivity contribution in [3.05, 3.63) is 0 Å². The molecule has 94 valence electrons. The molecule has 0 unspecified atom stereocenters. The third-order valence-corrected chi connectivity index (χ3v) is 3.46. The predicted octanol–water partition coefficient (Wildman–Crippen LogP) is 0.751. The van der Waals surface area contributed by atoms with Gasteiger partial charge in [-0.2, -0.15) is 11.8 Å². The maximum atomic E-state index is 11.6. The van der Waals surface area contributed by atoms with Crippen LogP contribution < -0.4 is 11.1 Å². The van der Waals surface area contributed by atoms with Crippen LogP contribution in [0.2, 0.25) is 0 Å². The number of rotatable bonds is 7. The molecule has 1 atom stereocenters. The summed E-state index contributed by atoms with van der Waals surface area (Å²) in [7, 11) is 0. The lowest BCUT2D eigenvalue weighted by atomic mass is 9.89. The third kappa shape index (κ3) is 4.31. The predicted molar refractivity (Wildman–Crippen MR) is 67.6 cm³/mol. The van der Waals surface area contributed by atoms with Gasteiger partial charge in [0, 0.05) is 12.6 Å². The number of carbonyl (C=O) groups excluding carboxylic acids is 1. The normalized spacial score (nSPS) is 25.9. The lowest BCUT2D eigenvalue weighted by Crippen LogP contribution is -2.52. The summed E-state index contributed by atoms with van der Waals surface area (Å²) in [6.07, 6.45) is 4.94. The van der Waals surface area contributed by atoms with Crippen LogP contribution in [-0.2, 0) is 9.53 Å². The van der Waals surface area contributed by atoms with E-state index in [1.54, 1.807) is 11.8 Å². The largest absolute Gasteiger partial charge is 0.378 e. The van der Waals surface area contributed by atoms with Crippen LogP contribution in [0.5, 0.6) is 0 Å². The summed E-state index contributed by atoms with van der Waals surface area (Å²) in [6, 6.07) is -0.0945. The highest BCUT2D eigenvalue weighted by molar-refractivity contribution is 7.98. The van der Waals surface area contributed by atoms with E-state index in [0.29, 0.717) is 6.10 Å². The zero-order valence-electron chi connectivity index (χ0n) is 10.1. The molecule has 0 aromatic heterocycles. The van der Waals surface area contributed by atoms with Gasteiger partial charge in [-0.1, -0.05) is 0 Å². The van der Waals surface area contributed by atoms with E-state index >= 15 is 0 Å². The molecule has 0 spiro atoms. The Morgan fingerprint density at radius 3 is 2.88 bits per heavy atom. The van der Waals surface area contributed by atoms with Crippen molar-refractivity contribution < 1.29 is 9.53 Å². The number of nitrogens with one attached hydrogen (secondary N) is 1. The van der Waals surface area contributed by atoms with Crippen molar-refractivity contribution in [2.75, 3.05) is 18.6 Å². The fourth-order valence-corrected chi connectivity index (χ4v) is 2.23. The summed E-state index contributed by atoms with van der Waals surface area (Å²) >= 11 is 1.71. The summed E-state index contributed by atoms with van der Waals surface area (Å²) in [6.45, 7) is 2.74. The average molecular weight is 246 g/mol. The Labute approximate surface area is 102 Å². The Balaban J connectivity index is 2.11. The van der Waals surface area contributed by atoms with Gasteiger partial charge in [-0.25, -0.2) is 0 Å². The molecule has 1 saturated carbocycles. The molecular formula is C11H22N2O2S. The quantitative estimate of drug-likeness (QED) is 0.696. The van der Waals surface area contributed by atoms with Gasteiger partial charge >= 0.3 is 0 Å². The average Bonchev–Trinajstić information content (AvgIpc) is 2.22. The van der Waals surface area contributed by atoms with Gasteiger partial charge in [0.1, 0.15) is 0 Å². The van der Waals surface area contributed by atoms with Crippen molar-refractivity contribution >= 4 is 17.7 Å². The van der Waals surface area contributed by atoms with Crippen LogP contribution >= 0.6 is 11.8 Å². The molecule has 5 heteroatoms. The van der Waals surface area contributed by atoms with Crippen LogP contribution in [0, 0.1) is 0 Å². The van der Waals surface area contributed by atoms with Gasteiger partial charge in [-0.05, 0) is 38.2 Å². The molecule has 0 saturated heterocycles. The van der Waals surface area contributed by atoms with Crippen LogP contribution in [-0.4, -0.2) is 42.7 Å². The molecular weight excluding hydrogens is 224 g/mol. The highest BCUT2D eigenvalue weighted by atomic mass is 32.2. The molecule has 4 nitrogen and oxygen atoms in total. The second-order valence-electron chi connectivity index (χ2n) is 4.14. The SMILES string of the molecule is CCOC1CC(NC(=O)[C@H](N)CCSC)C1. The van der Waals surface area contributed by atoms with Crippen molar-refractivity contribution in [3.8, 4) is 0 Å². The molecule has 0 aromatic carbocycles. The number of amides is 1. The smallest absolute Gasteiger partial charge is 0.237 e. The molecule has 0 aliphatic heterocycles. The molecule has 1 fully saturated rings. The van der Waals surface area contributed by atoms with E-state index < -0.39 is 0 Å². The Hall–Kier alpha value is -0.260. The van der Waals surface area contributed by atoms with Crippen LogP contribution in [0.25, 0.3) is 0 Å². The number of nitrogens with two attached hydrogens (primary N) is 1. The van der Waals surface area contributed by atoms with E-state index in [1.807, 2.05) is 13.2 Å². The summed E-state index contributed by atoms with van der Waals surface area (Å²) < 4.78 is 5.43. The van der Waals surface area contributed by atoms with Gasteiger partial charge in [0.2, 0.25) is 5.91 Å². The fraction of sp³-hybridized carbons (Fsp3) is 0.909. The standard InChI is InChI=1S/C11H22N2O2S/c1-3-15-9-6-8(7-9)13-11(14)10(12)4-5-16-2/h8-10H,3-7,12H2,1-2H3,(H,13,14)/t8?,9?,10-/m1/s1. The van der Waals surface area contributed by atoms with E-state index in [4.69, 9.17) is 10.5 Å². The van der Waals surface area contributed by atoms with Gasteiger partial charge in [-0.15, -0.1) is 0 Å². The lowest BCUT2D eigenvalue weighted by molar-refractivity contribution is -0.125. The number of hydrogen-bond donors (Lipinski definition) is 2. The molecule has 0 heterocycles. The number of thioether (sulfide) groups is 1. The van der Waals surface area contributed by atoms with Crippen molar-refractivity contribution in [1.29, 1.82) is 0 Å². The summed E-state index contributed by atoms with van der Waals surface area (Å²) in [5, 5.41) is 2.96. The maximum Gasteiger partial charge on any atom is 0.237 e. The van der Waals surface area contributed by atoms with E-state index in [0.717, 1.165) is 31.6 Å². The summed E-state index contributed by atoms with van der Waals surface area (Å²) in [5.74, 6) is 0.912. The molecule has 0 bridgehead atoms. The van der Waals surface area contributed by atoms with Crippen molar-refractivity contribution in [2.45, 2.75) is 44.4 Å². The number of hydrogen-bond acceptors (Lipinski definition) is 4. The second-order valence-corrected chi connectivity index (χ2v) is 5.13. The summed E-state index contributed by atoms with van der Waals surface area (Å²) in [4.78, 5) is 11.6. The van der Waals surface area contributed by atoms with Gasteiger partial charge in [0.15, 0.2) is 0 Å². The molecule has 1 rings (SSSR count). The number of ether oxygens (including phenoxy) is 1. The van der Waals surface area contributed by atoms with Crippen LogP contribution in [0.1, 0.15) is 26.2 Å². The highest BCUT2D eigenvalue weighted by Gasteiger charge is 2.31. The molecule has 1 aliphatic carbocycles. The van der Waals surface area contributed by atoms with Crippen LogP contribution in [0.15, 0.2) is 0 Å². The molecule has 3 N–H and O–H groups in total. The molecule has 16 heavy (non-hydrogen) atoms. The minimum atomic E-state index is -0.362. The topological polar surface area (TPSA) is 64.3 Å². The van der Waals surface area contributed by atoms with Gasteiger partial charge < -0.3 is 15.8 Å². The zero-order valence-corrected chi connectivity index (χ0v) is 10.9. The van der Waals surface area contributed by atoms with Gasteiger partial charge in [0.25, 0.3) is 0 Å². The third-order valence-electron chi connectivity index (χ3n) is 2.81. The molecule has 1 aliphatic rings. The van der Waals surface area contributed by atoms with Crippen molar-refractivity contribution in [1.82, 2.24) is 5.32 Å². The van der Waals surface area contributed by atoms with E-state index in [9.17, 15) is 4.79 Å². The minimum Gasteiger partial charge on any atom is -0.378 e. The van der Waals surface area contributed by atoms with Crippen LogP contribution in [0.4, 0.5) is 0 Å². The Morgan fingerprint density at radius 1 is 1.62 bits per heavy atom. The van der Waals surface area contributed by atoms with E-state index in [1.165, 1.54) is 0 Å². The Morgan fingerprint density at radius 2 is 2.31 bits per heavy atom. The lowest BCUT2D eigenvalue weighted by Gasteiger charge is -2.35. The first kappa shape index (κ1) is 13.8. The monoisotopic (exact) mass is 246 g/mol. The Kier molecular flexibility index (Phi) is 6.16. The second kappa shape index (κ2) is 7.14. The van der Waals surface area contributed by atoms with Gasteiger partial charge in [0.05, 0.1) is 12.1 Å². The first-order chi connectivity index (χ1) is 7.67. The molecule has 0 radical (unpaired) electrons. The van der Waals surface area contributed by atoms with Crippen molar-refractivity contribution in [3.63, 3.8) is 0 Å². The van der Waals surface area contributed by atoms with E-state index in [2.05, 4.69) is 5.32 Å². The van der Waals surface area contributed by atoms with Crippen LogP contribution in [0.3, 0.4) is 0 Å². The first-order valence-electron chi connectivity index (χ1n) is 5.83. The fourth-order valence-electron chi connectivity index (χ4n) is 1.74. The summed E-state index contributed by atoms with van der Waals surface area (Å²) in [5.41, 5.74) is 5.77. The van der Waals surface area contributed by atoms with Gasteiger partial charge in [-0.3, -0.25) is 4.79 Å². The molecule has 0 aromatic rings. The highest BCUT2D eigenvalue weighted by Crippen LogP contribution is 2.23. The molecule has 1 amide bonds. The number of carbonyl (C=O) groups is 1. The first-order valence-corrected chi connectivity index (χ1v) is 7.23. The van der Waals surface area contributed by atoms with Crippen molar-refractivity contribution in [2.24, 2.45) is 5.73 Å². The Bertz CT molecular complexity index is 220. The zero-order chi connectivity index (χ0) is 12.0. The minimum absolute atomic E-state index is 0.0194. The van der Waals surface area contributed by atoms with E-state index in [-0.39, 0.29) is 18.0 Å².